The Labute approximate surface area is 307 Å². The van der Waals surface area contributed by atoms with Gasteiger partial charge in [-0.15, -0.1) is 0 Å². The summed E-state index contributed by atoms with van der Waals surface area (Å²) in [4.78, 5) is 0. The van der Waals surface area contributed by atoms with Crippen molar-refractivity contribution < 1.29 is 4.42 Å². The predicted molar refractivity (Wildman–Crippen MR) is 217 cm³/mol. The number of nitrogens with zero attached hydrogens (tertiary/aromatic N) is 3. The van der Waals surface area contributed by atoms with Gasteiger partial charge in [-0.05, 0) is 103 Å². The first-order valence-corrected chi connectivity index (χ1v) is 18.7. The van der Waals surface area contributed by atoms with E-state index in [0.29, 0.717) is 17.2 Å². The number of allylic oxidation sites excluding steroid dienone is 7. The summed E-state index contributed by atoms with van der Waals surface area (Å²) in [5.74, 6) is 0.934. The molecule has 4 nitrogen and oxygen atoms in total. The minimum atomic E-state index is 0.304. The molecule has 3 aromatic heterocycles. The molecule has 3 heterocycles. The quantitative estimate of drug-likeness (QED) is 0.186. The number of benzene rings is 5. The van der Waals surface area contributed by atoms with Crippen LogP contribution in [0.1, 0.15) is 53.4 Å². The van der Waals surface area contributed by atoms with Crippen molar-refractivity contribution in [2.24, 2.45) is 0 Å². The molecule has 8 aromatic rings. The molecule has 53 heavy (non-hydrogen) atoms. The van der Waals surface area contributed by atoms with E-state index in [1.54, 1.807) is 0 Å². The largest absolute Gasteiger partial charge is 0.454 e. The minimum Gasteiger partial charge on any atom is -0.454 e. The number of rotatable bonds is 4. The lowest BCUT2D eigenvalue weighted by Crippen LogP contribution is -2.07. The van der Waals surface area contributed by atoms with Crippen molar-refractivity contribution in [2.75, 3.05) is 0 Å². The number of hydrogen-bond donors (Lipinski definition) is 0. The van der Waals surface area contributed by atoms with Crippen molar-refractivity contribution in [3.05, 3.63) is 173 Å². The monoisotopic (exact) mass is 681 g/mol. The van der Waals surface area contributed by atoms with Gasteiger partial charge in [0.25, 0.3) is 0 Å². The third-order valence-corrected chi connectivity index (χ3v) is 11.7. The van der Waals surface area contributed by atoms with Crippen LogP contribution in [-0.2, 0) is 12.8 Å². The van der Waals surface area contributed by atoms with Gasteiger partial charge in [-0.3, -0.25) is 0 Å². The van der Waals surface area contributed by atoms with Crippen LogP contribution in [-0.4, -0.2) is 9.13 Å². The maximum absolute atomic E-state index is 9.83. The maximum Gasteiger partial charge on any atom is 0.152 e. The van der Waals surface area contributed by atoms with Crippen LogP contribution in [0.2, 0.25) is 0 Å². The topological polar surface area (TPSA) is 46.8 Å². The number of aromatic nitrogens is 2. The van der Waals surface area contributed by atoms with E-state index in [0.717, 1.165) is 43.3 Å². The molecule has 5 aromatic carbocycles. The van der Waals surface area contributed by atoms with Crippen LogP contribution in [0, 0.1) is 11.3 Å². The van der Waals surface area contributed by atoms with Crippen molar-refractivity contribution in [3.8, 4) is 22.9 Å². The highest BCUT2D eigenvalue weighted by Gasteiger charge is 2.28. The second-order valence-corrected chi connectivity index (χ2v) is 14.5. The molecular weight excluding hydrogens is 647 g/mol. The summed E-state index contributed by atoms with van der Waals surface area (Å²) in [7, 11) is 0. The Bertz CT molecular complexity index is 2990. The molecule has 0 N–H and O–H groups in total. The molecule has 0 amide bonds. The maximum atomic E-state index is 9.83. The van der Waals surface area contributed by atoms with Crippen LogP contribution in [0.5, 0.6) is 0 Å². The number of nitriles is 1. The van der Waals surface area contributed by atoms with Crippen LogP contribution in [0.4, 0.5) is 0 Å². The van der Waals surface area contributed by atoms with Gasteiger partial charge in [0.1, 0.15) is 11.8 Å². The van der Waals surface area contributed by atoms with Gasteiger partial charge in [-0.2, -0.15) is 5.26 Å². The molecule has 4 heteroatoms. The Morgan fingerprint density at radius 2 is 1.49 bits per heavy atom. The number of furan rings is 1. The Kier molecular flexibility index (Phi) is 6.66. The summed E-state index contributed by atoms with van der Waals surface area (Å²) < 4.78 is 11.5. The average molecular weight is 682 g/mol. The predicted octanol–water partition coefficient (Wildman–Crippen LogP) is 12.4. The second kappa shape index (κ2) is 11.7. The zero-order valence-corrected chi connectivity index (χ0v) is 29.2. The summed E-state index contributed by atoms with van der Waals surface area (Å²) in [5.41, 5.74) is 15.0. The third kappa shape index (κ3) is 4.54. The number of fused-ring (bicyclic) bond motifs is 9. The fraction of sp³-hybridized carbons (Fsp3) is 0.122. The first-order valence-electron chi connectivity index (χ1n) is 18.7. The van der Waals surface area contributed by atoms with Gasteiger partial charge in [-0.1, -0.05) is 91.0 Å². The molecule has 0 fully saturated rings. The van der Waals surface area contributed by atoms with Crippen LogP contribution >= 0.6 is 0 Å². The molecule has 0 aliphatic heterocycles. The molecule has 252 valence electrons. The van der Waals surface area contributed by atoms with Crippen molar-refractivity contribution in [2.45, 2.75) is 38.1 Å². The Balaban J connectivity index is 1.08. The van der Waals surface area contributed by atoms with Gasteiger partial charge in [-0.25, -0.2) is 0 Å². The summed E-state index contributed by atoms with van der Waals surface area (Å²) >= 11 is 0. The molecule has 11 rings (SSSR count). The van der Waals surface area contributed by atoms with E-state index in [-0.39, 0.29) is 0 Å². The van der Waals surface area contributed by atoms with Crippen LogP contribution in [0.25, 0.3) is 72.1 Å². The molecule has 3 aliphatic rings. The van der Waals surface area contributed by atoms with Gasteiger partial charge in [0.15, 0.2) is 5.58 Å². The van der Waals surface area contributed by atoms with Crippen LogP contribution < -0.4 is 0 Å². The lowest BCUT2D eigenvalue weighted by atomic mass is 9.85. The molecular formula is C49H35N3O. The van der Waals surface area contributed by atoms with E-state index in [2.05, 4.69) is 149 Å². The Morgan fingerprint density at radius 1 is 0.698 bits per heavy atom. The first kappa shape index (κ1) is 30.1. The first-order chi connectivity index (χ1) is 26.2. The molecule has 0 radical (unpaired) electrons. The lowest BCUT2D eigenvalue weighted by molar-refractivity contribution is 0.589. The number of hydrogen-bond acceptors (Lipinski definition) is 2. The van der Waals surface area contributed by atoms with Crippen molar-refractivity contribution in [1.29, 1.82) is 5.26 Å². The fourth-order valence-electron chi connectivity index (χ4n) is 9.29. The zero-order chi connectivity index (χ0) is 35.0. The summed E-state index contributed by atoms with van der Waals surface area (Å²) in [6.07, 6.45) is 18.4. The summed E-state index contributed by atoms with van der Waals surface area (Å²) in [6.45, 7) is 0. The highest BCUT2D eigenvalue weighted by molar-refractivity contribution is 6.10. The fourth-order valence-corrected chi connectivity index (χ4v) is 9.29. The van der Waals surface area contributed by atoms with Crippen molar-refractivity contribution >= 4 is 55.3 Å². The average Bonchev–Trinajstić information content (AvgIpc) is 3.88. The van der Waals surface area contributed by atoms with Gasteiger partial charge in [0.2, 0.25) is 0 Å². The molecule has 0 saturated heterocycles. The highest BCUT2D eigenvalue weighted by atomic mass is 16.3. The van der Waals surface area contributed by atoms with E-state index in [1.165, 1.54) is 77.5 Å². The second-order valence-electron chi connectivity index (χ2n) is 14.5. The molecule has 0 bridgehead atoms. The van der Waals surface area contributed by atoms with Gasteiger partial charge in [0.05, 0.1) is 17.1 Å². The van der Waals surface area contributed by atoms with Gasteiger partial charge >= 0.3 is 0 Å². The summed E-state index contributed by atoms with van der Waals surface area (Å²) in [5, 5.41) is 14.7. The minimum absolute atomic E-state index is 0.304. The lowest BCUT2D eigenvalue weighted by Gasteiger charge is -2.21. The zero-order valence-electron chi connectivity index (χ0n) is 29.2. The molecule has 1 atom stereocenters. The van der Waals surface area contributed by atoms with E-state index in [1.807, 2.05) is 12.1 Å². The standard InChI is InChI=1S/C49H35N3O/c50-30-34-11-9-18-39-40-19-10-17-37(49(40)53-48(34)39)33-23-26-47-43(29-33)42-28-32(22-25-46(42)52(47)36-14-5-2-6-15-36)31-21-24-45-41(27-31)38-16-7-8-20-44(38)51(45)35-12-3-1-4-13-35/h1-9,11-12,14-18,20-22,24-25,27-29,35H,10,13,19,23,26H2. The van der Waals surface area contributed by atoms with E-state index in [9.17, 15) is 5.26 Å². The van der Waals surface area contributed by atoms with Gasteiger partial charge < -0.3 is 13.6 Å². The number of aryl methyl sites for hydroxylation is 1. The van der Waals surface area contributed by atoms with E-state index in [4.69, 9.17) is 4.42 Å². The summed E-state index contributed by atoms with van der Waals surface area (Å²) in [6, 6.07) is 42.2. The SMILES string of the molecule is N#Cc1cccc2c3c(oc12)C(C1=Cc2c(n(-c4ccccc4)c4ccc(-c5ccc6c(c5)c5ccccc5n6C5C=CC=CC5)cc24)CC1)=CCC3. The Morgan fingerprint density at radius 3 is 2.34 bits per heavy atom. The Hall–Kier alpha value is -6.57. The molecule has 0 spiro atoms. The van der Waals surface area contributed by atoms with Gasteiger partial charge in [0, 0.05) is 60.7 Å². The number of para-hydroxylation sites is 3. The molecule has 0 saturated carbocycles. The van der Waals surface area contributed by atoms with Crippen molar-refractivity contribution in [1.82, 2.24) is 9.13 Å². The van der Waals surface area contributed by atoms with Crippen molar-refractivity contribution in [3.63, 3.8) is 0 Å². The van der Waals surface area contributed by atoms with E-state index >= 15 is 0 Å². The highest BCUT2D eigenvalue weighted by Crippen LogP contribution is 2.45. The van der Waals surface area contributed by atoms with E-state index < -0.39 is 0 Å². The normalized spacial score (nSPS) is 16.5. The smallest absolute Gasteiger partial charge is 0.152 e. The molecule has 1 unspecified atom stereocenters. The van der Waals surface area contributed by atoms with Crippen LogP contribution in [0.3, 0.4) is 0 Å². The third-order valence-electron chi connectivity index (χ3n) is 11.7. The van der Waals surface area contributed by atoms with Crippen LogP contribution in [0.15, 0.2) is 150 Å². The molecule has 3 aliphatic carbocycles.